The van der Waals surface area contributed by atoms with Gasteiger partial charge in [0.15, 0.2) is 0 Å². The Bertz CT molecular complexity index is 545. The predicted octanol–water partition coefficient (Wildman–Crippen LogP) is 2.49. The molecule has 1 unspecified atom stereocenters. The molecular weight excluding hydrogens is 303 g/mol. The number of carbonyl (C=O) groups is 2. The fourth-order valence-electron chi connectivity index (χ4n) is 2.28. The molecule has 116 valence electrons. The zero-order valence-corrected chi connectivity index (χ0v) is 12.8. The first-order valence-electron chi connectivity index (χ1n) is 6.42. The molecule has 0 bridgehead atoms. The summed E-state index contributed by atoms with van der Waals surface area (Å²) in [4.78, 5) is 30.0. The van der Waals surface area contributed by atoms with E-state index in [0.29, 0.717) is 11.1 Å². The molecule has 0 aliphatic heterocycles. The van der Waals surface area contributed by atoms with E-state index in [0.717, 1.165) is 0 Å². The summed E-state index contributed by atoms with van der Waals surface area (Å²) in [5.74, 6) is -4.52. The number of aliphatic carboxylic acids is 2. The number of hydrogen-bond acceptors (Lipinski definition) is 3. The van der Waals surface area contributed by atoms with Crippen molar-refractivity contribution in [2.45, 2.75) is 11.8 Å². The molecule has 0 amide bonds. The summed E-state index contributed by atoms with van der Waals surface area (Å²) in [6.07, 6.45) is 0. The average Bonchev–Trinajstić information content (AvgIpc) is 2.55. The maximum Gasteiger partial charge on any atom is 0.312 e. The highest BCUT2D eigenvalue weighted by molar-refractivity contribution is 7.08. The van der Waals surface area contributed by atoms with Crippen LogP contribution in [0.15, 0.2) is 60.7 Å². The standard InChI is InChI=1S/C16H14O4.H3OP/c17-15(18)13(11-7-3-1-4-8-11)14(16(19)20)12-9-5-2-6-10-12;1-2/h1-10,13-14H,(H,17,18)(H,19,20);1H,2H2/t13-,14+;. The van der Waals surface area contributed by atoms with Crippen LogP contribution in [0.4, 0.5) is 0 Å². The summed E-state index contributed by atoms with van der Waals surface area (Å²) in [7, 11) is 1.42. The van der Waals surface area contributed by atoms with Crippen LogP contribution in [0.1, 0.15) is 23.0 Å². The number of carboxylic acids is 2. The van der Waals surface area contributed by atoms with E-state index in [4.69, 9.17) is 4.89 Å². The minimum atomic E-state index is -1.15. The Labute approximate surface area is 130 Å². The molecule has 0 fully saturated rings. The van der Waals surface area contributed by atoms with E-state index in [1.165, 1.54) is 9.47 Å². The minimum Gasteiger partial charge on any atom is -0.481 e. The second kappa shape index (κ2) is 8.93. The van der Waals surface area contributed by atoms with Crippen molar-refractivity contribution in [1.82, 2.24) is 0 Å². The summed E-state index contributed by atoms with van der Waals surface area (Å²) in [6.45, 7) is 0. The third kappa shape index (κ3) is 4.38. The average molecular weight is 320 g/mol. The molecule has 0 aromatic heterocycles. The van der Waals surface area contributed by atoms with Crippen LogP contribution < -0.4 is 0 Å². The van der Waals surface area contributed by atoms with Gasteiger partial charge in [0, 0.05) is 0 Å². The van der Waals surface area contributed by atoms with Gasteiger partial charge in [-0.3, -0.25) is 9.59 Å². The largest absolute Gasteiger partial charge is 0.481 e. The van der Waals surface area contributed by atoms with Gasteiger partial charge in [-0.15, -0.1) is 0 Å². The van der Waals surface area contributed by atoms with Gasteiger partial charge in [-0.25, -0.2) is 0 Å². The molecule has 2 aromatic rings. The van der Waals surface area contributed by atoms with E-state index in [1.807, 2.05) is 0 Å². The van der Waals surface area contributed by atoms with Crippen molar-refractivity contribution in [2.24, 2.45) is 0 Å². The molecule has 0 saturated heterocycles. The van der Waals surface area contributed by atoms with Crippen LogP contribution in [0.5, 0.6) is 0 Å². The molecule has 3 N–H and O–H groups in total. The van der Waals surface area contributed by atoms with Crippen molar-refractivity contribution in [3.8, 4) is 0 Å². The van der Waals surface area contributed by atoms with Gasteiger partial charge in [-0.1, -0.05) is 60.7 Å². The highest BCUT2D eigenvalue weighted by Gasteiger charge is 2.36. The Balaban J connectivity index is 0.00000116. The van der Waals surface area contributed by atoms with Crippen LogP contribution in [0.3, 0.4) is 0 Å². The Morgan fingerprint density at radius 1 is 0.682 bits per heavy atom. The summed E-state index contributed by atoms with van der Waals surface area (Å²) in [5.41, 5.74) is 0.965. The van der Waals surface area contributed by atoms with Crippen LogP contribution in [0.25, 0.3) is 0 Å². The number of carboxylic acid groups (broad SMARTS) is 2. The molecule has 0 spiro atoms. The van der Waals surface area contributed by atoms with Gasteiger partial charge in [0.25, 0.3) is 0 Å². The van der Waals surface area contributed by atoms with Gasteiger partial charge in [0.2, 0.25) is 0 Å². The topological polar surface area (TPSA) is 94.8 Å². The summed E-state index contributed by atoms with van der Waals surface area (Å²) in [6, 6.07) is 16.9. The van der Waals surface area contributed by atoms with Crippen LogP contribution in [-0.4, -0.2) is 27.0 Å². The Morgan fingerprint density at radius 2 is 0.955 bits per heavy atom. The first kappa shape index (κ1) is 17.8. The fourth-order valence-corrected chi connectivity index (χ4v) is 2.28. The van der Waals surface area contributed by atoms with Gasteiger partial charge in [-0.05, 0) is 20.6 Å². The van der Waals surface area contributed by atoms with Gasteiger partial charge in [0.1, 0.15) is 0 Å². The minimum absolute atomic E-state index is 0.483. The molecule has 5 nitrogen and oxygen atoms in total. The maximum absolute atomic E-state index is 11.6. The van der Waals surface area contributed by atoms with Gasteiger partial charge in [0.05, 0.1) is 11.8 Å². The van der Waals surface area contributed by atoms with E-state index in [9.17, 15) is 19.8 Å². The highest BCUT2D eigenvalue weighted by Crippen LogP contribution is 2.33. The zero-order valence-electron chi connectivity index (χ0n) is 11.7. The molecule has 6 heteroatoms. The molecule has 0 aliphatic carbocycles. The lowest BCUT2D eigenvalue weighted by atomic mass is 9.81. The zero-order chi connectivity index (χ0) is 16.5. The maximum atomic E-state index is 11.6. The summed E-state index contributed by atoms with van der Waals surface area (Å²) < 4.78 is 0. The van der Waals surface area contributed by atoms with Gasteiger partial charge < -0.3 is 15.1 Å². The van der Waals surface area contributed by atoms with Crippen molar-refractivity contribution >= 4 is 21.4 Å². The SMILES string of the molecule is O=C(O)[C@H](c1ccccc1)[C@@H](C(=O)O)c1ccccc1.OP. The van der Waals surface area contributed by atoms with E-state index in [-0.39, 0.29) is 0 Å². The first-order valence-corrected chi connectivity index (χ1v) is 6.94. The van der Waals surface area contributed by atoms with Crippen molar-refractivity contribution in [3.05, 3.63) is 71.8 Å². The van der Waals surface area contributed by atoms with Crippen molar-refractivity contribution in [1.29, 1.82) is 0 Å². The molecular formula is C16H17O5P. The normalized spacial score (nSPS) is 12.5. The third-order valence-corrected chi connectivity index (χ3v) is 3.18. The third-order valence-electron chi connectivity index (χ3n) is 3.18. The predicted molar refractivity (Wildman–Crippen MR) is 85.6 cm³/mol. The van der Waals surface area contributed by atoms with E-state index in [1.54, 1.807) is 60.7 Å². The van der Waals surface area contributed by atoms with Crippen molar-refractivity contribution in [3.63, 3.8) is 0 Å². The monoisotopic (exact) mass is 320 g/mol. The van der Waals surface area contributed by atoms with E-state index < -0.39 is 23.8 Å². The van der Waals surface area contributed by atoms with Crippen LogP contribution >= 0.6 is 9.47 Å². The molecule has 3 atom stereocenters. The van der Waals surface area contributed by atoms with Gasteiger partial charge in [-0.2, -0.15) is 0 Å². The fraction of sp³-hybridized carbons (Fsp3) is 0.125. The van der Waals surface area contributed by atoms with E-state index >= 15 is 0 Å². The van der Waals surface area contributed by atoms with Crippen LogP contribution in [0.2, 0.25) is 0 Å². The molecule has 2 aromatic carbocycles. The molecule has 2 rings (SSSR count). The van der Waals surface area contributed by atoms with Crippen LogP contribution in [-0.2, 0) is 9.59 Å². The number of hydrogen-bond donors (Lipinski definition) is 3. The van der Waals surface area contributed by atoms with Crippen LogP contribution in [0, 0.1) is 0 Å². The van der Waals surface area contributed by atoms with Gasteiger partial charge >= 0.3 is 11.9 Å². The lowest BCUT2D eigenvalue weighted by Gasteiger charge is -2.21. The Kier molecular flexibility index (Phi) is 7.23. The molecule has 0 aliphatic rings. The van der Waals surface area contributed by atoms with Crippen molar-refractivity contribution < 1.29 is 24.7 Å². The summed E-state index contributed by atoms with van der Waals surface area (Å²) >= 11 is 0. The second-order valence-corrected chi connectivity index (χ2v) is 4.45. The summed E-state index contributed by atoms with van der Waals surface area (Å²) in [5, 5.41) is 18.9. The lowest BCUT2D eigenvalue weighted by Crippen LogP contribution is -2.26. The Hall–Kier alpha value is -2.23. The quantitative estimate of drug-likeness (QED) is 0.736. The van der Waals surface area contributed by atoms with E-state index in [2.05, 4.69) is 0 Å². The molecule has 0 heterocycles. The highest BCUT2D eigenvalue weighted by atomic mass is 31.0. The Morgan fingerprint density at radius 3 is 1.18 bits per heavy atom. The molecule has 22 heavy (non-hydrogen) atoms. The second-order valence-electron chi connectivity index (χ2n) is 4.45. The number of benzene rings is 2. The lowest BCUT2D eigenvalue weighted by molar-refractivity contribution is -0.147. The molecule has 0 radical (unpaired) electrons. The van der Waals surface area contributed by atoms with Crippen molar-refractivity contribution in [2.75, 3.05) is 0 Å². The number of rotatable bonds is 5. The molecule has 0 saturated carbocycles. The smallest absolute Gasteiger partial charge is 0.312 e. The first-order chi connectivity index (χ1) is 10.6.